The van der Waals surface area contributed by atoms with Gasteiger partial charge in [0.1, 0.15) is 17.7 Å². The van der Waals surface area contributed by atoms with E-state index < -0.39 is 28.3 Å². The van der Waals surface area contributed by atoms with Gasteiger partial charge in [-0.05, 0) is 24.5 Å². The Morgan fingerprint density at radius 2 is 1.92 bits per heavy atom. The highest BCUT2D eigenvalue weighted by molar-refractivity contribution is 8.03. The highest BCUT2D eigenvalue weighted by Gasteiger charge is 2.35. The Balaban J connectivity index is 2.07. The number of nitrogens with one attached hydrogen (secondary N) is 1. The van der Waals surface area contributed by atoms with Crippen LogP contribution in [0.1, 0.15) is 26.4 Å². The summed E-state index contributed by atoms with van der Waals surface area (Å²) in [6.45, 7) is 0. The van der Waals surface area contributed by atoms with Crippen molar-refractivity contribution in [2.75, 3.05) is 11.6 Å². The van der Waals surface area contributed by atoms with Crippen LogP contribution in [0.3, 0.4) is 0 Å². The van der Waals surface area contributed by atoms with Gasteiger partial charge in [-0.15, -0.1) is 11.8 Å². The third-order valence-electron chi connectivity index (χ3n) is 3.58. The molecular formula is C16H9ClF3N3O2S. The van der Waals surface area contributed by atoms with Gasteiger partial charge in [-0.1, -0.05) is 11.6 Å². The third-order valence-corrected chi connectivity index (χ3v) is 4.70. The first-order chi connectivity index (χ1) is 12.2. The van der Waals surface area contributed by atoms with Crippen molar-refractivity contribution in [3.63, 3.8) is 0 Å². The standard InChI is InChI=1S/C16H9ClF3N3O2S/c1-26-15-12(13(24)8-5-21-6-22-11(8)14(15)25)23-7-2-3-10(17)9(4-7)16(18,19)20/h2-6,23H,1H3. The van der Waals surface area contributed by atoms with Gasteiger partial charge in [0.15, 0.2) is 0 Å². The lowest BCUT2D eigenvalue weighted by Crippen LogP contribution is -2.26. The fourth-order valence-electron chi connectivity index (χ4n) is 2.41. The van der Waals surface area contributed by atoms with Crippen LogP contribution < -0.4 is 5.32 Å². The van der Waals surface area contributed by atoms with Crippen LogP contribution in [-0.4, -0.2) is 27.8 Å². The van der Waals surface area contributed by atoms with E-state index in [1.165, 1.54) is 12.3 Å². The molecule has 0 unspecified atom stereocenters. The first kappa shape index (κ1) is 18.4. The first-order valence-corrected chi connectivity index (χ1v) is 8.65. The second-order valence-electron chi connectivity index (χ2n) is 5.17. The zero-order valence-corrected chi connectivity index (χ0v) is 14.6. The molecule has 0 bridgehead atoms. The highest BCUT2D eigenvalue weighted by Crippen LogP contribution is 2.37. The zero-order chi connectivity index (χ0) is 19.1. The van der Waals surface area contributed by atoms with E-state index in [2.05, 4.69) is 15.3 Å². The number of rotatable bonds is 3. The Bertz CT molecular complexity index is 960. The van der Waals surface area contributed by atoms with Crippen LogP contribution in [0.5, 0.6) is 0 Å². The maximum atomic E-state index is 13.0. The smallest absolute Gasteiger partial charge is 0.351 e. The van der Waals surface area contributed by atoms with E-state index in [4.69, 9.17) is 11.6 Å². The second kappa shape index (κ2) is 6.73. The molecule has 0 amide bonds. The van der Waals surface area contributed by atoms with Crippen LogP contribution >= 0.6 is 23.4 Å². The number of hydrogen-bond donors (Lipinski definition) is 1. The molecule has 0 aliphatic heterocycles. The van der Waals surface area contributed by atoms with Gasteiger partial charge in [0.05, 0.1) is 21.1 Å². The number of aromatic nitrogens is 2. The normalized spacial score (nSPS) is 14.5. The molecule has 5 nitrogen and oxygen atoms in total. The molecule has 1 aliphatic carbocycles. The number of Topliss-reactive ketones (excluding diaryl/α,β-unsaturated/α-hetero) is 2. The molecule has 26 heavy (non-hydrogen) atoms. The molecule has 0 saturated carbocycles. The number of benzene rings is 1. The summed E-state index contributed by atoms with van der Waals surface area (Å²) in [7, 11) is 0. The number of ketones is 2. The predicted octanol–water partition coefficient (Wildman–Crippen LogP) is 4.21. The number of hydrogen-bond acceptors (Lipinski definition) is 6. The van der Waals surface area contributed by atoms with E-state index in [1.54, 1.807) is 6.26 Å². The molecule has 3 rings (SSSR count). The van der Waals surface area contributed by atoms with Crippen LogP contribution in [-0.2, 0) is 6.18 Å². The SMILES string of the molecule is CSC1=C(Nc2ccc(Cl)c(C(F)(F)F)c2)C(=O)c2cncnc2C1=O. The maximum absolute atomic E-state index is 13.0. The molecule has 1 aromatic carbocycles. The predicted molar refractivity (Wildman–Crippen MR) is 91.3 cm³/mol. The van der Waals surface area contributed by atoms with Crippen molar-refractivity contribution >= 4 is 40.6 Å². The van der Waals surface area contributed by atoms with Crippen molar-refractivity contribution < 1.29 is 22.8 Å². The minimum absolute atomic E-state index is 0.0113. The number of allylic oxidation sites excluding steroid dienone is 2. The highest BCUT2D eigenvalue weighted by atomic mass is 35.5. The Hall–Kier alpha value is -2.39. The lowest BCUT2D eigenvalue weighted by Gasteiger charge is -2.20. The van der Waals surface area contributed by atoms with E-state index in [9.17, 15) is 22.8 Å². The van der Waals surface area contributed by atoms with Crippen LogP contribution in [0.15, 0.2) is 41.3 Å². The number of carbonyl (C=O) groups is 2. The van der Waals surface area contributed by atoms with Crippen LogP contribution in [0.2, 0.25) is 5.02 Å². The van der Waals surface area contributed by atoms with Crippen molar-refractivity contribution in [2.24, 2.45) is 0 Å². The van der Waals surface area contributed by atoms with Gasteiger partial charge in [-0.2, -0.15) is 13.2 Å². The molecule has 2 aromatic rings. The Labute approximate surface area is 154 Å². The van der Waals surface area contributed by atoms with E-state index in [0.717, 1.165) is 30.2 Å². The maximum Gasteiger partial charge on any atom is 0.417 e. The topological polar surface area (TPSA) is 72.0 Å². The monoisotopic (exact) mass is 399 g/mol. The van der Waals surface area contributed by atoms with Gasteiger partial charge in [0.2, 0.25) is 11.6 Å². The minimum Gasteiger partial charge on any atom is -0.351 e. The minimum atomic E-state index is -4.65. The molecule has 0 spiro atoms. The van der Waals surface area contributed by atoms with Gasteiger partial charge in [0, 0.05) is 11.9 Å². The van der Waals surface area contributed by atoms with Crippen LogP contribution in [0.25, 0.3) is 0 Å². The van der Waals surface area contributed by atoms with E-state index in [0.29, 0.717) is 0 Å². The summed E-state index contributed by atoms with van der Waals surface area (Å²) in [5.41, 5.74) is -1.24. The molecule has 0 saturated heterocycles. The lowest BCUT2D eigenvalue weighted by molar-refractivity contribution is -0.137. The van der Waals surface area contributed by atoms with Crippen molar-refractivity contribution in [1.29, 1.82) is 0 Å². The second-order valence-corrected chi connectivity index (χ2v) is 6.39. The molecule has 10 heteroatoms. The van der Waals surface area contributed by atoms with Crippen molar-refractivity contribution in [1.82, 2.24) is 9.97 Å². The molecular weight excluding hydrogens is 391 g/mol. The number of anilines is 1. The zero-order valence-electron chi connectivity index (χ0n) is 13.0. The molecule has 1 N–H and O–H groups in total. The van der Waals surface area contributed by atoms with E-state index in [-0.39, 0.29) is 27.5 Å². The molecule has 0 atom stereocenters. The number of halogens is 4. The van der Waals surface area contributed by atoms with Crippen molar-refractivity contribution in [2.45, 2.75) is 6.18 Å². The largest absolute Gasteiger partial charge is 0.417 e. The molecule has 1 aromatic heterocycles. The molecule has 1 heterocycles. The average Bonchev–Trinajstić information content (AvgIpc) is 2.60. The van der Waals surface area contributed by atoms with Gasteiger partial charge < -0.3 is 5.32 Å². The van der Waals surface area contributed by atoms with Gasteiger partial charge in [0.25, 0.3) is 0 Å². The van der Waals surface area contributed by atoms with E-state index in [1.807, 2.05) is 0 Å². The van der Waals surface area contributed by atoms with Crippen LogP contribution in [0, 0.1) is 0 Å². The number of fused-ring (bicyclic) bond motifs is 1. The summed E-state index contributed by atoms with van der Waals surface area (Å²) in [6.07, 6.45) is -0.727. The molecule has 134 valence electrons. The molecule has 0 fully saturated rings. The van der Waals surface area contributed by atoms with Gasteiger partial charge >= 0.3 is 6.18 Å². The molecule has 0 radical (unpaired) electrons. The summed E-state index contributed by atoms with van der Waals surface area (Å²) in [4.78, 5) is 32.8. The first-order valence-electron chi connectivity index (χ1n) is 7.05. The van der Waals surface area contributed by atoms with Crippen molar-refractivity contribution in [3.8, 4) is 0 Å². The number of carbonyl (C=O) groups excluding carboxylic acids is 2. The fraction of sp³-hybridized carbons (Fsp3) is 0.125. The summed E-state index contributed by atoms with van der Waals surface area (Å²) >= 11 is 6.60. The van der Waals surface area contributed by atoms with Gasteiger partial charge in [-0.3, -0.25) is 9.59 Å². The summed E-state index contributed by atoms with van der Waals surface area (Å²) in [5.74, 6) is -1.07. The van der Waals surface area contributed by atoms with E-state index >= 15 is 0 Å². The third kappa shape index (κ3) is 3.19. The Kier molecular flexibility index (Phi) is 4.76. The average molecular weight is 400 g/mol. The number of nitrogens with zero attached hydrogens (tertiary/aromatic N) is 2. The summed E-state index contributed by atoms with van der Waals surface area (Å²) in [5, 5.41) is 2.15. The van der Waals surface area contributed by atoms with Crippen LogP contribution in [0.4, 0.5) is 18.9 Å². The van der Waals surface area contributed by atoms with Crippen molar-refractivity contribution in [3.05, 3.63) is 63.2 Å². The summed E-state index contributed by atoms with van der Waals surface area (Å²) < 4.78 is 39.1. The molecule has 1 aliphatic rings. The Morgan fingerprint density at radius 1 is 1.19 bits per heavy atom. The van der Waals surface area contributed by atoms with Gasteiger partial charge in [-0.25, -0.2) is 9.97 Å². The lowest BCUT2D eigenvalue weighted by atomic mass is 9.98. The fourth-order valence-corrected chi connectivity index (χ4v) is 3.26. The number of thioether (sulfide) groups is 1. The Morgan fingerprint density at radius 3 is 2.58 bits per heavy atom. The quantitative estimate of drug-likeness (QED) is 0.833. The summed E-state index contributed by atoms with van der Waals surface area (Å²) in [6, 6.07) is 3.14. The number of alkyl halides is 3.